The predicted octanol–water partition coefficient (Wildman–Crippen LogP) is 2.00. The van der Waals surface area contributed by atoms with Gasteiger partial charge in [-0.3, -0.25) is 4.79 Å². The maximum absolute atomic E-state index is 12.4. The van der Waals surface area contributed by atoms with Crippen molar-refractivity contribution in [3.63, 3.8) is 0 Å². The van der Waals surface area contributed by atoms with Crippen molar-refractivity contribution >= 4 is 39.9 Å². The second-order valence-electron chi connectivity index (χ2n) is 5.74. The van der Waals surface area contributed by atoms with E-state index in [4.69, 9.17) is 17.2 Å². The number of hydrogen-bond acceptors (Lipinski definition) is 4. The van der Waals surface area contributed by atoms with Crippen molar-refractivity contribution < 1.29 is 4.79 Å². The lowest BCUT2D eigenvalue weighted by atomic mass is 10.1. The highest BCUT2D eigenvalue weighted by Crippen LogP contribution is 2.22. The number of carbonyl (C=O) groups excluding carboxylic acids is 1. The smallest absolute Gasteiger partial charge is 0.272 e. The summed E-state index contributed by atoms with van der Waals surface area (Å²) in [5.74, 6) is -0.355. The number of fused-ring (bicyclic) bond motifs is 1. The first-order chi connectivity index (χ1) is 12.4. The minimum Gasteiger partial charge on any atom is -0.397 e. The number of nitrogens with zero attached hydrogens (tertiary/aromatic N) is 2. The summed E-state index contributed by atoms with van der Waals surface area (Å²) >= 11 is 0. The van der Waals surface area contributed by atoms with Gasteiger partial charge in [0.15, 0.2) is 0 Å². The van der Waals surface area contributed by atoms with Crippen LogP contribution in [0.5, 0.6) is 0 Å². The van der Waals surface area contributed by atoms with Crippen LogP contribution in [0.1, 0.15) is 23.0 Å². The van der Waals surface area contributed by atoms with Crippen molar-refractivity contribution in [1.82, 2.24) is 4.98 Å². The summed E-state index contributed by atoms with van der Waals surface area (Å²) in [6, 6.07) is 14.5. The molecule has 1 aromatic heterocycles. The Balaban J connectivity index is 1.76. The highest BCUT2D eigenvalue weighted by molar-refractivity contribution is 6.07. The zero-order valence-corrected chi connectivity index (χ0v) is 14.2. The zero-order chi connectivity index (χ0) is 18.7. The van der Waals surface area contributed by atoms with Crippen molar-refractivity contribution in [2.45, 2.75) is 6.92 Å². The highest BCUT2D eigenvalue weighted by Gasteiger charge is 2.11. The molecule has 8 heteroatoms. The van der Waals surface area contributed by atoms with Crippen LogP contribution in [0, 0.1) is 0 Å². The Morgan fingerprint density at radius 2 is 1.81 bits per heavy atom. The number of nitrogen functional groups attached to an aromatic ring is 1. The molecule has 0 saturated carbocycles. The zero-order valence-electron chi connectivity index (χ0n) is 14.2. The quantitative estimate of drug-likeness (QED) is 0.212. The molecule has 0 radical (unpaired) electrons. The van der Waals surface area contributed by atoms with Crippen molar-refractivity contribution in [3.8, 4) is 0 Å². The van der Waals surface area contributed by atoms with E-state index >= 15 is 0 Å². The van der Waals surface area contributed by atoms with Crippen LogP contribution in [0.15, 0.2) is 58.7 Å². The Kier molecular flexibility index (Phi) is 4.57. The summed E-state index contributed by atoms with van der Waals surface area (Å²) in [5, 5.41) is 11.3. The Morgan fingerprint density at radius 3 is 2.46 bits per heavy atom. The molecular weight excluding hydrogens is 330 g/mol. The highest BCUT2D eigenvalue weighted by atomic mass is 16.1. The lowest BCUT2D eigenvalue weighted by molar-refractivity contribution is 0.102. The van der Waals surface area contributed by atoms with E-state index in [2.05, 4.69) is 20.5 Å². The third-order valence-electron chi connectivity index (χ3n) is 3.81. The molecule has 3 rings (SSSR count). The number of guanidine groups is 1. The Morgan fingerprint density at radius 1 is 1.08 bits per heavy atom. The van der Waals surface area contributed by atoms with Crippen LogP contribution >= 0.6 is 0 Å². The SMILES string of the molecule is CC(=NN=C(N)N)c1ccc(NC(=O)c2cc3cccc(N)c3[nH]2)cc1. The number of rotatable bonds is 4. The van der Waals surface area contributed by atoms with Crippen LogP contribution in [0.2, 0.25) is 0 Å². The van der Waals surface area contributed by atoms with E-state index in [-0.39, 0.29) is 11.9 Å². The first kappa shape index (κ1) is 17.0. The Labute approximate surface area is 149 Å². The average Bonchev–Trinajstić information content (AvgIpc) is 3.06. The first-order valence-corrected chi connectivity index (χ1v) is 7.86. The molecule has 1 amide bonds. The molecule has 0 saturated heterocycles. The lowest BCUT2D eigenvalue weighted by Crippen LogP contribution is -2.22. The fourth-order valence-electron chi connectivity index (χ4n) is 2.49. The molecule has 0 aliphatic heterocycles. The van der Waals surface area contributed by atoms with Gasteiger partial charge in [0.05, 0.1) is 16.9 Å². The number of aromatic nitrogens is 1. The summed E-state index contributed by atoms with van der Waals surface area (Å²) in [4.78, 5) is 15.5. The molecular formula is C18H19N7O. The monoisotopic (exact) mass is 349 g/mol. The maximum Gasteiger partial charge on any atom is 0.272 e. The van der Waals surface area contributed by atoms with Crippen LogP contribution in [0.3, 0.4) is 0 Å². The summed E-state index contributed by atoms with van der Waals surface area (Å²) in [5.41, 5.74) is 20.3. The third-order valence-corrected chi connectivity index (χ3v) is 3.81. The van der Waals surface area contributed by atoms with Gasteiger partial charge in [-0.15, -0.1) is 5.10 Å². The van der Waals surface area contributed by atoms with Gasteiger partial charge in [-0.1, -0.05) is 24.3 Å². The number of H-pyrrole nitrogens is 1. The number of benzene rings is 2. The molecule has 0 unspecified atom stereocenters. The van der Waals surface area contributed by atoms with Crippen LogP contribution in [-0.2, 0) is 0 Å². The van der Waals surface area contributed by atoms with Crippen LogP contribution in [0.4, 0.5) is 11.4 Å². The fraction of sp³-hybridized carbons (Fsp3) is 0.0556. The van der Waals surface area contributed by atoms with Crippen LogP contribution in [-0.4, -0.2) is 22.6 Å². The van der Waals surface area contributed by atoms with E-state index in [1.165, 1.54) is 0 Å². The number of carbonyl (C=O) groups is 1. The van der Waals surface area contributed by atoms with Crippen LogP contribution < -0.4 is 22.5 Å². The third kappa shape index (κ3) is 3.64. The van der Waals surface area contributed by atoms with E-state index in [9.17, 15) is 4.79 Å². The Bertz CT molecular complexity index is 1010. The van der Waals surface area contributed by atoms with Gasteiger partial charge in [0.2, 0.25) is 5.96 Å². The number of nitrogens with one attached hydrogen (secondary N) is 2. The molecule has 0 bridgehead atoms. The molecule has 0 fully saturated rings. The van der Waals surface area contributed by atoms with Gasteiger partial charge in [0.25, 0.3) is 5.91 Å². The second kappa shape index (κ2) is 6.98. The molecule has 0 spiro atoms. The standard InChI is InChI=1S/C18H19N7O/c1-10(24-25-18(20)21)11-5-7-13(8-6-11)22-17(26)15-9-12-3-2-4-14(19)16(12)23-15/h2-9,23H,19H2,1H3,(H,22,26)(H4,20,21,25). The number of anilines is 2. The second-order valence-corrected chi connectivity index (χ2v) is 5.74. The average molecular weight is 349 g/mol. The molecule has 132 valence electrons. The fourth-order valence-corrected chi connectivity index (χ4v) is 2.49. The van der Waals surface area contributed by atoms with E-state index in [1.54, 1.807) is 31.2 Å². The summed E-state index contributed by atoms with van der Waals surface area (Å²) < 4.78 is 0. The van der Waals surface area contributed by atoms with Gasteiger partial charge in [0.1, 0.15) is 5.69 Å². The van der Waals surface area contributed by atoms with E-state index in [1.807, 2.05) is 24.3 Å². The molecule has 0 atom stereocenters. The number of amides is 1. The van der Waals surface area contributed by atoms with E-state index < -0.39 is 0 Å². The normalized spacial score (nSPS) is 11.3. The van der Waals surface area contributed by atoms with Gasteiger partial charge in [-0.2, -0.15) is 5.10 Å². The van der Waals surface area contributed by atoms with Gasteiger partial charge in [-0.05, 0) is 36.8 Å². The van der Waals surface area contributed by atoms with Crippen molar-refractivity contribution in [2.75, 3.05) is 11.1 Å². The van der Waals surface area contributed by atoms with Crippen LogP contribution in [0.25, 0.3) is 10.9 Å². The van der Waals surface area contributed by atoms with Gasteiger partial charge in [-0.25, -0.2) is 0 Å². The number of nitrogens with two attached hydrogens (primary N) is 3. The minimum absolute atomic E-state index is 0.104. The first-order valence-electron chi connectivity index (χ1n) is 7.86. The van der Waals surface area contributed by atoms with Crippen molar-refractivity contribution in [1.29, 1.82) is 0 Å². The van der Waals surface area contributed by atoms with Gasteiger partial charge >= 0.3 is 0 Å². The predicted molar refractivity (Wildman–Crippen MR) is 105 cm³/mol. The van der Waals surface area contributed by atoms with Gasteiger partial charge in [0, 0.05) is 11.1 Å². The molecule has 0 aliphatic rings. The molecule has 2 aromatic carbocycles. The summed E-state index contributed by atoms with van der Waals surface area (Å²) in [6.45, 7) is 1.79. The topological polar surface area (TPSA) is 148 Å². The van der Waals surface area contributed by atoms with Crippen molar-refractivity contribution in [2.24, 2.45) is 21.7 Å². The minimum atomic E-state index is -0.251. The molecule has 1 heterocycles. The van der Waals surface area contributed by atoms with E-state index in [0.29, 0.717) is 22.8 Å². The summed E-state index contributed by atoms with van der Waals surface area (Å²) in [7, 11) is 0. The number of hydrogen-bond donors (Lipinski definition) is 5. The Hall–Kier alpha value is -3.81. The molecule has 0 aliphatic carbocycles. The molecule has 3 aromatic rings. The molecule has 26 heavy (non-hydrogen) atoms. The molecule has 8 N–H and O–H groups in total. The molecule has 8 nitrogen and oxygen atoms in total. The van der Waals surface area contributed by atoms with Gasteiger partial charge < -0.3 is 27.5 Å². The maximum atomic E-state index is 12.4. The number of para-hydroxylation sites is 1. The summed E-state index contributed by atoms with van der Waals surface area (Å²) in [6.07, 6.45) is 0. The largest absolute Gasteiger partial charge is 0.397 e. The lowest BCUT2D eigenvalue weighted by Gasteiger charge is -2.05. The van der Waals surface area contributed by atoms with E-state index in [0.717, 1.165) is 16.5 Å². The number of aromatic amines is 1. The van der Waals surface area contributed by atoms with Crippen molar-refractivity contribution in [3.05, 3.63) is 59.8 Å².